The summed E-state index contributed by atoms with van der Waals surface area (Å²) in [4.78, 5) is 14.7. The highest BCUT2D eigenvalue weighted by Gasteiger charge is 2.36. The minimum atomic E-state index is -0.0123. The van der Waals surface area contributed by atoms with Gasteiger partial charge in [0.25, 0.3) is 0 Å². The van der Waals surface area contributed by atoms with Crippen molar-refractivity contribution < 1.29 is 4.79 Å². The van der Waals surface area contributed by atoms with Crippen LogP contribution in [0.15, 0.2) is 0 Å². The fraction of sp³-hybridized carbons (Fsp3) is 0.929. The van der Waals surface area contributed by atoms with Crippen LogP contribution in [0.4, 0.5) is 0 Å². The second-order valence-electron chi connectivity index (χ2n) is 6.17. The number of rotatable bonds is 1. The first-order chi connectivity index (χ1) is 8.11. The van der Waals surface area contributed by atoms with Gasteiger partial charge in [-0.15, -0.1) is 0 Å². The van der Waals surface area contributed by atoms with Gasteiger partial charge in [0.15, 0.2) is 0 Å². The minimum absolute atomic E-state index is 0.0123. The molecule has 0 bridgehead atoms. The van der Waals surface area contributed by atoms with Crippen LogP contribution in [0.2, 0.25) is 0 Å². The Morgan fingerprint density at radius 2 is 1.82 bits per heavy atom. The third-order valence-corrected chi connectivity index (χ3v) is 4.27. The van der Waals surface area contributed by atoms with Gasteiger partial charge in [-0.3, -0.25) is 4.79 Å². The highest BCUT2D eigenvalue weighted by molar-refractivity contribution is 5.79. The molecule has 1 aliphatic carbocycles. The van der Waals surface area contributed by atoms with E-state index in [1.165, 1.54) is 25.7 Å². The van der Waals surface area contributed by atoms with Crippen LogP contribution in [0.1, 0.15) is 52.4 Å². The Labute approximate surface area is 105 Å². The average molecular weight is 238 g/mol. The van der Waals surface area contributed by atoms with Gasteiger partial charge < -0.3 is 10.2 Å². The number of nitrogens with one attached hydrogen (secondary N) is 1. The second kappa shape index (κ2) is 5.38. The van der Waals surface area contributed by atoms with E-state index in [0.717, 1.165) is 32.5 Å². The van der Waals surface area contributed by atoms with Crippen molar-refractivity contribution in [2.75, 3.05) is 19.6 Å². The molecule has 2 rings (SSSR count). The molecule has 0 aromatic rings. The summed E-state index contributed by atoms with van der Waals surface area (Å²) >= 11 is 0. The molecule has 3 nitrogen and oxygen atoms in total. The molecule has 1 saturated heterocycles. The summed E-state index contributed by atoms with van der Waals surface area (Å²) in [7, 11) is 0. The van der Waals surface area contributed by atoms with Crippen molar-refractivity contribution in [3.63, 3.8) is 0 Å². The molecule has 2 fully saturated rings. The Balaban J connectivity index is 2.01. The minimum Gasteiger partial charge on any atom is -0.335 e. The predicted molar refractivity (Wildman–Crippen MR) is 69.9 cm³/mol. The zero-order valence-corrected chi connectivity index (χ0v) is 11.3. The standard InChI is InChI=1S/C14H26N2O/c1-14(2)11-15-9-10-16(14)13(17)12-7-5-3-4-6-8-12/h12,15H,3-11H2,1-2H3. The molecule has 0 aromatic heterocycles. The van der Waals surface area contributed by atoms with E-state index < -0.39 is 0 Å². The van der Waals surface area contributed by atoms with Crippen LogP contribution in [-0.2, 0) is 4.79 Å². The Kier molecular flexibility index (Phi) is 4.08. The van der Waals surface area contributed by atoms with Gasteiger partial charge in [-0.05, 0) is 26.7 Å². The molecule has 1 N–H and O–H groups in total. The number of piperazine rings is 1. The molecule has 1 heterocycles. The van der Waals surface area contributed by atoms with Crippen molar-refractivity contribution in [1.82, 2.24) is 10.2 Å². The van der Waals surface area contributed by atoms with E-state index in [0.29, 0.717) is 11.8 Å². The van der Waals surface area contributed by atoms with Crippen molar-refractivity contribution in [2.45, 2.75) is 57.9 Å². The topological polar surface area (TPSA) is 32.3 Å². The Morgan fingerprint density at radius 3 is 2.41 bits per heavy atom. The Morgan fingerprint density at radius 1 is 1.18 bits per heavy atom. The van der Waals surface area contributed by atoms with Crippen molar-refractivity contribution in [3.05, 3.63) is 0 Å². The fourth-order valence-electron chi connectivity index (χ4n) is 3.14. The molecule has 0 aromatic carbocycles. The first kappa shape index (κ1) is 12.9. The summed E-state index contributed by atoms with van der Waals surface area (Å²) in [5, 5.41) is 3.38. The van der Waals surface area contributed by atoms with Crippen LogP contribution in [0.5, 0.6) is 0 Å². The lowest BCUT2D eigenvalue weighted by Gasteiger charge is -2.44. The summed E-state index contributed by atoms with van der Waals surface area (Å²) in [6.07, 6.45) is 7.33. The van der Waals surface area contributed by atoms with Gasteiger partial charge in [-0.1, -0.05) is 25.7 Å². The zero-order valence-electron chi connectivity index (χ0n) is 11.3. The third-order valence-electron chi connectivity index (χ3n) is 4.27. The van der Waals surface area contributed by atoms with Gasteiger partial charge in [-0.25, -0.2) is 0 Å². The molecule has 0 radical (unpaired) electrons. The number of nitrogens with zero attached hydrogens (tertiary/aromatic N) is 1. The molecular weight excluding hydrogens is 212 g/mol. The van der Waals surface area contributed by atoms with E-state index in [2.05, 4.69) is 24.1 Å². The van der Waals surface area contributed by atoms with Gasteiger partial charge in [0.05, 0.1) is 0 Å². The van der Waals surface area contributed by atoms with Crippen LogP contribution < -0.4 is 5.32 Å². The number of hydrogen-bond acceptors (Lipinski definition) is 2. The average Bonchev–Trinajstić information content (AvgIpc) is 2.56. The van der Waals surface area contributed by atoms with Gasteiger partial charge in [-0.2, -0.15) is 0 Å². The molecular formula is C14H26N2O. The van der Waals surface area contributed by atoms with Gasteiger partial charge in [0.2, 0.25) is 5.91 Å². The lowest BCUT2D eigenvalue weighted by Crippen LogP contribution is -2.61. The van der Waals surface area contributed by atoms with Crippen LogP contribution in [0, 0.1) is 5.92 Å². The van der Waals surface area contributed by atoms with Crippen LogP contribution in [0.3, 0.4) is 0 Å². The number of hydrogen-bond donors (Lipinski definition) is 1. The monoisotopic (exact) mass is 238 g/mol. The summed E-state index contributed by atoms with van der Waals surface area (Å²) in [5.74, 6) is 0.716. The summed E-state index contributed by atoms with van der Waals surface area (Å²) in [5.41, 5.74) is -0.0123. The van der Waals surface area contributed by atoms with Crippen molar-refractivity contribution >= 4 is 5.91 Å². The molecule has 17 heavy (non-hydrogen) atoms. The Bertz CT molecular complexity index is 267. The quantitative estimate of drug-likeness (QED) is 0.710. The molecule has 0 unspecified atom stereocenters. The normalized spacial score (nSPS) is 26.6. The number of amides is 1. The van der Waals surface area contributed by atoms with E-state index in [4.69, 9.17) is 0 Å². The smallest absolute Gasteiger partial charge is 0.226 e. The predicted octanol–water partition coefficient (Wildman–Crippen LogP) is 2.17. The zero-order chi connectivity index (χ0) is 12.3. The molecule has 1 amide bonds. The third kappa shape index (κ3) is 3.01. The summed E-state index contributed by atoms with van der Waals surface area (Å²) in [6, 6.07) is 0. The number of carbonyl (C=O) groups is 1. The van der Waals surface area contributed by atoms with Crippen molar-refractivity contribution in [2.24, 2.45) is 5.92 Å². The molecule has 0 spiro atoms. The van der Waals surface area contributed by atoms with E-state index in [1.807, 2.05) is 0 Å². The highest BCUT2D eigenvalue weighted by Crippen LogP contribution is 2.27. The Hall–Kier alpha value is -0.570. The highest BCUT2D eigenvalue weighted by atomic mass is 16.2. The molecule has 1 aliphatic heterocycles. The van der Waals surface area contributed by atoms with E-state index in [-0.39, 0.29) is 5.54 Å². The molecule has 98 valence electrons. The number of carbonyl (C=O) groups excluding carboxylic acids is 1. The molecule has 3 heteroatoms. The van der Waals surface area contributed by atoms with Gasteiger partial charge >= 0.3 is 0 Å². The first-order valence-electron chi connectivity index (χ1n) is 7.13. The van der Waals surface area contributed by atoms with Crippen molar-refractivity contribution in [3.8, 4) is 0 Å². The first-order valence-corrected chi connectivity index (χ1v) is 7.13. The summed E-state index contributed by atoms with van der Waals surface area (Å²) in [6.45, 7) is 7.09. The second-order valence-corrected chi connectivity index (χ2v) is 6.17. The van der Waals surface area contributed by atoms with Gasteiger partial charge in [0, 0.05) is 31.1 Å². The fourth-order valence-corrected chi connectivity index (χ4v) is 3.14. The van der Waals surface area contributed by atoms with Gasteiger partial charge in [0.1, 0.15) is 0 Å². The van der Waals surface area contributed by atoms with Crippen LogP contribution in [0.25, 0.3) is 0 Å². The lowest BCUT2D eigenvalue weighted by molar-refractivity contribution is -0.142. The molecule has 2 aliphatic rings. The van der Waals surface area contributed by atoms with E-state index in [1.54, 1.807) is 0 Å². The SMILES string of the molecule is CC1(C)CNCCN1C(=O)C1CCCCCC1. The molecule has 1 saturated carbocycles. The van der Waals surface area contributed by atoms with Crippen LogP contribution >= 0.6 is 0 Å². The maximum atomic E-state index is 12.6. The lowest BCUT2D eigenvalue weighted by atomic mass is 9.93. The van der Waals surface area contributed by atoms with E-state index >= 15 is 0 Å². The van der Waals surface area contributed by atoms with E-state index in [9.17, 15) is 4.79 Å². The maximum Gasteiger partial charge on any atom is 0.226 e. The largest absolute Gasteiger partial charge is 0.335 e. The summed E-state index contributed by atoms with van der Waals surface area (Å²) < 4.78 is 0. The van der Waals surface area contributed by atoms with Crippen LogP contribution in [-0.4, -0.2) is 36.0 Å². The van der Waals surface area contributed by atoms with Crippen molar-refractivity contribution in [1.29, 1.82) is 0 Å². The maximum absolute atomic E-state index is 12.6. The molecule has 0 atom stereocenters.